The van der Waals surface area contributed by atoms with E-state index in [2.05, 4.69) is 20.7 Å². The van der Waals surface area contributed by atoms with Gasteiger partial charge in [0.2, 0.25) is 0 Å². The van der Waals surface area contributed by atoms with E-state index in [0.717, 1.165) is 5.56 Å². The molecule has 1 aromatic rings. The van der Waals surface area contributed by atoms with Crippen molar-refractivity contribution in [1.29, 1.82) is 0 Å². The summed E-state index contributed by atoms with van der Waals surface area (Å²) >= 11 is 3.32. The number of carbonyl (C=O) groups is 3. The van der Waals surface area contributed by atoms with Crippen LogP contribution < -0.4 is 4.74 Å². The quantitative estimate of drug-likeness (QED) is 0.471. The summed E-state index contributed by atoms with van der Waals surface area (Å²) in [7, 11) is 1.55. The molecule has 0 saturated heterocycles. The molecule has 6 heteroatoms. The van der Waals surface area contributed by atoms with Crippen molar-refractivity contribution in [1.82, 2.24) is 0 Å². The number of rotatable bonds is 4. The maximum Gasteiger partial charge on any atom is 0.375 e. The zero-order valence-corrected chi connectivity index (χ0v) is 13.4. The number of aryl methyl sites for hydroxylation is 1. The summed E-state index contributed by atoms with van der Waals surface area (Å²) in [5, 5.41) is 0. The number of fused-ring (bicyclic) bond motifs is 1. The molecule has 1 atom stereocenters. The number of ether oxygens (including phenoxy) is 2. The Balaban J connectivity index is 2.30. The maximum absolute atomic E-state index is 12.4. The molecular formula is C15H15BrO5. The molecule has 1 aliphatic rings. The highest BCUT2D eigenvalue weighted by molar-refractivity contribution is 9.10. The third kappa shape index (κ3) is 3.00. The molecule has 0 fully saturated rings. The molecule has 1 unspecified atom stereocenters. The monoisotopic (exact) mass is 354 g/mol. The third-order valence-corrected chi connectivity index (χ3v) is 4.07. The Labute approximate surface area is 130 Å². The van der Waals surface area contributed by atoms with Crippen molar-refractivity contribution in [2.45, 2.75) is 19.8 Å². The van der Waals surface area contributed by atoms with E-state index < -0.39 is 17.7 Å². The molecule has 112 valence electrons. The Morgan fingerprint density at radius 3 is 2.71 bits per heavy atom. The van der Waals surface area contributed by atoms with Gasteiger partial charge in [0.1, 0.15) is 5.75 Å². The summed E-state index contributed by atoms with van der Waals surface area (Å²) < 4.78 is 10.5. The highest BCUT2D eigenvalue weighted by Gasteiger charge is 2.37. The van der Waals surface area contributed by atoms with E-state index in [4.69, 9.17) is 4.74 Å². The topological polar surface area (TPSA) is 69.7 Å². The highest BCUT2D eigenvalue weighted by atomic mass is 79.9. The van der Waals surface area contributed by atoms with Crippen molar-refractivity contribution in [3.63, 3.8) is 0 Å². The molecule has 0 radical (unpaired) electrons. The van der Waals surface area contributed by atoms with E-state index in [0.29, 0.717) is 28.6 Å². The summed E-state index contributed by atoms with van der Waals surface area (Å²) in [6.07, 6.45) is 0.856. The van der Waals surface area contributed by atoms with Gasteiger partial charge in [0, 0.05) is 5.56 Å². The van der Waals surface area contributed by atoms with Crippen molar-refractivity contribution in [3.05, 3.63) is 27.7 Å². The van der Waals surface area contributed by atoms with Crippen LogP contribution in [0.25, 0.3) is 0 Å². The molecule has 0 aromatic heterocycles. The van der Waals surface area contributed by atoms with Crippen LogP contribution in [0, 0.1) is 5.92 Å². The number of methoxy groups -OCH3 is 1. The van der Waals surface area contributed by atoms with Crippen molar-refractivity contribution in [2.75, 3.05) is 13.7 Å². The fourth-order valence-electron chi connectivity index (χ4n) is 2.40. The molecular weight excluding hydrogens is 340 g/mol. The van der Waals surface area contributed by atoms with Crippen molar-refractivity contribution >= 4 is 33.5 Å². The van der Waals surface area contributed by atoms with E-state index in [1.54, 1.807) is 26.2 Å². The smallest absolute Gasteiger partial charge is 0.375 e. The average Bonchev–Trinajstić information content (AvgIpc) is 2.47. The van der Waals surface area contributed by atoms with Crippen LogP contribution in [0.1, 0.15) is 29.3 Å². The van der Waals surface area contributed by atoms with Gasteiger partial charge in [-0.15, -0.1) is 0 Å². The number of hydrogen-bond acceptors (Lipinski definition) is 5. The first-order valence-corrected chi connectivity index (χ1v) is 7.40. The molecule has 0 N–H and O–H groups in total. The van der Waals surface area contributed by atoms with Crippen LogP contribution in [-0.2, 0) is 20.7 Å². The van der Waals surface area contributed by atoms with Gasteiger partial charge in [-0.25, -0.2) is 4.79 Å². The minimum absolute atomic E-state index is 0.116. The lowest BCUT2D eigenvalue weighted by Crippen LogP contribution is -2.35. The third-order valence-electron chi connectivity index (χ3n) is 3.46. The molecule has 1 aliphatic carbocycles. The van der Waals surface area contributed by atoms with Crippen LogP contribution in [0.5, 0.6) is 5.75 Å². The van der Waals surface area contributed by atoms with Crippen molar-refractivity contribution in [2.24, 2.45) is 5.92 Å². The summed E-state index contributed by atoms with van der Waals surface area (Å²) in [6.45, 7) is 1.73. The standard InChI is InChI=1S/C15H15BrO5/c1-3-21-15(19)14(18)9-5-4-8-6-12(20-2)11(16)7-10(8)13(9)17/h6-7,9H,3-5H2,1-2H3. The molecule has 1 aromatic carbocycles. The van der Waals surface area contributed by atoms with Gasteiger partial charge >= 0.3 is 5.97 Å². The van der Waals surface area contributed by atoms with E-state index >= 15 is 0 Å². The van der Waals surface area contributed by atoms with E-state index in [1.165, 1.54) is 0 Å². The Kier molecular flexibility index (Phi) is 4.77. The molecule has 2 rings (SSSR count). The van der Waals surface area contributed by atoms with Crippen LogP contribution in [0.3, 0.4) is 0 Å². The lowest BCUT2D eigenvalue weighted by Gasteiger charge is -2.22. The Bertz CT molecular complexity index is 608. The molecule has 5 nitrogen and oxygen atoms in total. The van der Waals surface area contributed by atoms with Crippen LogP contribution >= 0.6 is 15.9 Å². The van der Waals surface area contributed by atoms with Gasteiger partial charge < -0.3 is 9.47 Å². The zero-order chi connectivity index (χ0) is 15.6. The van der Waals surface area contributed by atoms with Gasteiger partial charge in [-0.1, -0.05) is 0 Å². The number of carbonyl (C=O) groups excluding carboxylic acids is 3. The van der Waals surface area contributed by atoms with E-state index in [-0.39, 0.29) is 12.4 Å². The second kappa shape index (κ2) is 6.39. The lowest BCUT2D eigenvalue weighted by atomic mass is 9.80. The first kappa shape index (κ1) is 15.7. The Hall–Kier alpha value is -1.69. The first-order valence-electron chi connectivity index (χ1n) is 6.61. The van der Waals surface area contributed by atoms with Gasteiger partial charge in [-0.2, -0.15) is 0 Å². The normalized spacial score (nSPS) is 17.1. The predicted molar refractivity (Wildman–Crippen MR) is 78.5 cm³/mol. The Morgan fingerprint density at radius 2 is 2.10 bits per heavy atom. The predicted octanol–water partition coefficient (Wildman–Crippen LogP) is 2.33. The van der Waals surface area contributed by atoms with E-state index in [9.17, 15) is 14.4 Å². The first-order chi connectivity index (χ1) is 9.99. The fraction of sp³-hybridized carbons (Fsp3) is 0.400. The van der Waals surface area contributed by atoms with Gasteiger partial charge in [-0.05, 0) is 53.4 Å². The van der Waals surface area contributed by atoms with Crippen LogP contribution in [0.2, 0.25) is 0 Å². The average molecular weight is 355 g/mol. The van der Waals surface area contributed by atoms with Gasteiger partial charge in [0.05, 0.1) is 24.1 Å². The number of Topliss-reactive ketones (excluding diaryl/α,β-unsaturated/α-hetero) is 2. The van der Waals surface area contributed by atoms with Crippen LogP contribution in [0.15, 0.2) is 16.6 Å². The summed E-state index contributed by atoms with van der Waals surface area (Å²) in [5.74, 6) is -2.35. The van der Waals surface area contributed by atoms with Gasteiger partial charge in [0.25, 0.3) is 5.78 Å². The second-order valence-corrected chi connectivity index (χ2v) is 5.54. The molecule has 0 bridgehead atoms. The van der Waals surface area contributed by atoms with Crippen LogP contribution in [-0.4, -0.2) is 31.3 Å². The summed E-state index contributed by atoms with van der Waals surface area (Å²) in [6, 6.07) is 3.42. The van der Waals surface area contributed by atoms with Gasteiger partial charge in [0.15, 0.2) is 5.78 Å². The molecule has 0 amide bonds. The minimum atomic E-state index is -0.947. The van der Waals surface area contributed by atoms with E-state index in [1.807, 2.05) is 0 Å². The number of esters is 1. The maximum atomic E-state index is 12.4. The summed E-state index contributed by atoms with van der Waals surface area (Å²) in [4.78, 5) is 35.9. The molecule has 21 heavy (non-hydrogen) atoms. The SMILES string of the molecule is CCOC(=O)C(=O)C1CCc2cc(OC)c(Br)cc2C1=O. The molecule has 0 heterocycles. The van der Waals surface area contributed by atoms with Gasteiger partial charge in [-0.3, -0.25) is 9.59 Å². The molecule has 0 saturated carbocycles. The number of ketones is 2. The number of hydrogen-bond donors (Lipinski definition) is 0. The Morgan fingerprint density at radius 1 is 1.38 bits per heavy atom. The van der Waals surface area contributed by atoms with Crippen LogP contribution in [0.4, 0.5) is 0 Å². The fourth-order valence-corrected chi connectivity index (χ4v) is 2.91. The highest BCUT2D eigenvalue weighted by Crippen LogP contribution is 2.34. The number of benzene rings is 1. The lowest BCUT2D eigenvalue weighted by molar-refractivity contribution is -0.154. The largest absolute Gasteiger partial charge is 0.496 e. The molecule has 0 spiro atoms. The van der Waals surface area contributed by atoms with Crippen molar-refractivity contribution in [3.8, 4) is 5.75 Å². The minimum Gasteiger partial charge on any atom is -0.496 e. The number of halogens is 1. The summed E-state index contributed by atoms with van der Waals surface area (Å²) in [5.41, 5.74) is 1.28. The van der Waals surface area contributed by atoms with Crippen molar-refractivity contribution < 1.29 is 23.9 Å². The zero-order valence-electron chi connectivity index (χ0n) is 11.8. The second-order valence-electron chi connectivity index (χ2n) is 4.68. The molecule has 0 aliphatic heterocycles.